The largest absolute Gasteiger partial charge is 0.582 e. The Hall–Kier alpha value is -0.200. The zero-order chi connectivity index (χ0) is 12.1. The number of hydrogen-bond donors (Lipinski definition) is 2. The Balaban J connectivity index is 2.52. The number of rotatable bonds is 5. The molecule has 0 spiro atoms. The fourth-order valence-electron chi connectivity index (χ4n) is 1.57. The summed E-state index contributed by atoms with van der Waals surface area (Å²) >= 11 is 3.68. The van der Waals surface area contributed by atoms with Gasteiger partial charge in [-0.1, -0.05) is 0 Å². The molecule has 1 amide bonds. The molecule has 16 heavy (non-hydrogen) atoms. The predicted octanol–water partition coefficient (Wildman–Crippen LogP) is 0.856. The Bertz CT molecular complexity index is 277. The number of thiol groups is 1. The van der Waals surface area contributed by atoms with Crippen LogP contribution in [0.3, 0.4) is 0 Å². The standard InChI is InChI=1S/C8H14NO5PS/c1-5(10)9-8-3-6(14-15(11)16)7(13-8)4-12-2/h6-8H,3-4H2,1-2H3,(H-,9,10,11,16)/p+1/t6-,7+,8+/m0/s1. The van der Waals surface area contributed by atoms with Gasteiger partial charge in [-0.3, -0.25) is 4.79 Å². The van der Waals surface area contributed by atoms with Crippen LogP contribution in [0.5, 0.6) is 0 Å². The van der Waals surface area contributed by atoms with Crippen LogP contribution in [0.4, 0.5) is 0 Å². The second kappa shape index (κ2) is 6.51. The highest BCUT2D eigenvalue weighted by Gasteiger charge is 2.41. The van der Waals surface area contributed by atoms with Crippen molar-refractivity contribution in [3.05, 3.63) is 0 Å². The molecule has 0 aromatic carbocycles. The molecule has 1 saturated heterocycles. The van der Waals surface area contributed by atoms with Crippen molar-refractivity contribution in [2.75, 3.05) is 13.7 Å². The molecule has 8 heteroatoms. The monoisotopic (exact) mass is 268 g/mol. The van der Waals surface area contributed by atoms with E-state index in [4.69, 9.17) is 14.0 Å². The highest BCUT2D eigenvalue weighted by Crippen LogP contribution is 2.35. The first kappa shape index (κ1) is 13.9. The van der Waals surface area contributed by atoms with Gasteiger partial charge in [0.2, 0.25) is 5.91 Å². The highest BCUT2D eigenvalue weighted by molar-refractivity contribution is 8.39. The Morgan fingerprint density at radius 1 is 1.69 bits per heavy atom. The van der Waals surface area contributed by atoms with E-state index in [1.165, 1.54) is 14.0 Å². The van der Waals surface area contributed by atoms with Gasteiger partial charge in [0.15, 0.2) is 0 Å². The number of amides is 1. The molecule has 1 N–H and O–H groups in total. The lowest BCUT2D eigenvalue weighted by Gasteiger charge is -2.13. The lowest BCUT2D eigenvalue weighted by Crippen LogP contribution is -2.33. The van der Waals surface area contributed by atoms with Gasteiger partial charge in [-0.05, 0) is 4.57 Å². The Kier molecular flexibility index (Phi) is 5.64. The van der Waals surface area contributed by atoms with Crippen LogP contribution < -0.4 is 5.32 Å². The van der Waals surface area contributed by atoms with Crippen molar-refractivity contribution >= 4 is 25.4 Å². The number of ether oxygens (including phenoxy) is 2. The zero-order valence-corrected chi connectivity index (χ0v) is 10.9. The van der Waals surface area contributed by atoms with Crippen LogP contribution in [-0.4, -0.2) is 38.1 Å². The Labute approximate surface area is 100 Å². The molecule has 1 rings (SSSR count). The van der Waals surface area contributed by atoms with Gasteiger partial charge in [0.05, 0.1) is 6.61 Å². The molecular formula is C8H15NO5PS+. The lowest BCUT2D eigenvalue weighted by atomic mass is 10.2. The van der Waals surface area contributed by atoms with Crippen LogP contribution in [-0.2, 0) is 23.4 Å². The molecule has 1 heterocycles. The third-order valence-electron chi connectivity index (χ3n) is 2.12. The average Bonchev–Trinajstić information content (AvgIpc) is 2.46. The molecule has 0 bridgehead atoms. The number of carbonyl (C=O) groups excluding carboxylic acids is 1. The molecular weight excluding hydrogens is 253 g/mol. The molecule has 1 aliphatic heterocycles. The van der Waals surface area contributed by atoms with Crippen LogP contribution in [0.1, 0.15) is 13.3 Å². The van der Waals surface area contributed by atoms with E-state index in [-0.39, 0.29) is 18.1 Å². The minimum absolute atomic E-state index is 0.183. The normalized spacial score (nSPS) is 30.2. The van der Waals surface area contributed by atoms with Gasteiger partial charge < -0.3 is 14.8 Å². The molecule has 0 aliphatic carbocycles. The summed E-state index contributed by atoms with van der Waals surface area (Å²) < 4.78 is 26.4. The van der Waals surface area contributed by atoms with Crippen molar-refractivity contribution in [3.8, 4) is 0 Å². The molecule has 6 nitrogen and oxygen atoms in total. The van der Waals surface area contributed by atoms with E-state index < -0.39 is 13.5 Å². The van der Waals surface area contributed by atoms with Crippen molar-refractivity contribution in [2.24, 2.45) is 0 Å². The molecule has 4 atom stereocenters. The number of nitrogens with one attached hydrogen (secondary N) is 1. The summed E-state index contributed by atoms with van der Waals surface area (Å²) in [6, 6.07) is 0. The molecule has 0 aromatic heterocycles. The van der Waals surface area contributed by atoms with Gasteiger partial charge in [0, 0.05) is 20.5 Å². The number of methoxy groups -OCH3 is 1. The molecule has 1 aliphatic rings. The van der Waals surface area contributed by atoms with Crippen molar-refractivity contribution in [2.45, 2.75) is 31.8 Å². The summed E-state index contributed by atoms with van der Waals surface area (Å²) in [6.45, 7) is 1.72. The van der Waals surface area contributed by atoms with E-state index >= 15 is 0 Å². The van der Waals surface area contributed by atoms with Crippen molar-refractivity contribution < 1.29 is 23.4 Å². The first-order chi connectivity index (χ1) is 7.52. The summed E-state index contributed by atoms with van der Waals surface area (Å²) in [5.41, 5.74) is 0. The average molecular weight is 268 g/mol. The molecule has 0 aromatic rings. The van der Waals surface area contributed by atoms with E-state index in [9.17, 15) is 9.36 Å². The SMILES string of the molecule is COC[C@H]1O[C@@H](NC(C)=O)C[C@@H]1O[P+](=O)S. The lowest BCUT2D eigenvalue weighted by molar-refractivity contribution is -0.123. The fourth-order valence-corrected chi connectivity index (χ4v) is 2.39. The van der Waals surface area contributed by atoms with Crippen molar-refractivity contribution in [3.63, 3.8) is 0 Å². The number of hydrogen-bond acceptors (Lipinski definition) is 5. The van der Waals surface area contributed by atoms with Crippen molar-refractivity contribution in [1.82, 2.24) is 5.32 Å². The first-order valence-corrected chi connectivity index (χ1v) is 7.10. The predicted molar refractivity (Wildman–Crippen MR) is 60.4 cm³/mol. The molecule has 0 saturated carbocycles. The smallest absolute Gasteiger partial charge is 0.382 e. The minimum Gasteiger partial charge on any atom is -0.382 e. The summed E-state index contributed by atoms with van der Waals surface area (Å²) in [5.74, 6) is -0.183. The van der Waals surface area contributed by atoms with Gasteiger partial charge in [-0.2, -0.15) is 0 Å². The first-order valence-electron chi connectivity index (χ1n) is 4.77. The second-order valence-electron chi connectivity index (χ2n) is 3.44. The van der Waals surface area contributed by atoms with E-state index in [0.29, 0.717) is 13.0 Å². The third kappa shape index (κ3) is 4.35. The quantitative estimate of drug-likeness (QED) is 0.571. The van der Waals surface area contributed by atoms with Crippen LogP contribution >= 0.6 is 19.5 Å². The molecule has 1 fully saturated rings. The Morgan fingerprint density at radius 2 is 2.38 bits per heavy atom. The van der Waals surface area contributed by atoms with E-state index in [1.807, 2.05) is 0 Å². The zero-order valence-electron chi connectivity index (χ0n) is 9.08. The fraction of sp³-hybridized carbons (Fsp3) is 0.875. The van der Waals surface area contributed by atoms with Crippen LogP contribution in [0.25, 0.3) is 0 Å². The van der Waals surface area contributed by atoms with Gasteiger partial charge in [-0.15, -0.1) is 4.52 Å². The van der Waals surface area contributed by atoms with E-state index in [2.05, 4.69) is 17.6 Å². The Morgan fingerprint density at radius 3 is 2.88 bits per heavy atom. The maximum absolute atomic E-state index is 10.9. The third-order valence-corrected chi connectivity index (χ3v) is 2.85. The molecule has 1 unspecified atom stereocenters. The van der Waals surface area contributed by atoms with Gasteiger partial charge >= 0.3 is 7.23 Å². The summed E-state index contributed by atoms with van der Waals surface area (Å²) in [6.07, 6.45) is -0.702. The van der Waals surface area contributed by atoms with E-state index in [0.717, 1.165) is 0 Å². The van der Waals surface area contributed by atoms with Gasteiger partial charge in [-0.25, -0.2) is 0 Å². The maximum Gasteiger partial charge on any atom is 0.582 e. The summed E-state index contributed by atoms with van der Waals surface area (Å²) in [7, 11) is -0.457. The van der Waals surface area contributed by atoms with Crippen LogP contribution in [0.15, 0.2) is 0 Å². The topological polar surface area (TPSA) is 73.9 Å². The summed E-state index contributed by atoms with van der Waals surface area (Å²) in [4.78, 5) is 10.9. The number of carbonyl (C=O) groups is 1. The molecule has 0 radical (unpaired) electrons. The maximum atomic E-state index is 10.9. The second-order valence-corrected chi connectivity index (χ2v) is 5.10. The van der Waals surface area contributed by atoms with E-state index in [1.54, 1.807) is 0 Å². The van der Waals surface area contributed by atoms with Crippen LogP contribution in [0.2, 0.25) is 0 Å². The van der Waals surface area contributed by atoms with Crippen molar-refractivity contribution in [1.29, 1.82) is 0 Å². The molecule has 92 valence electrons. The minimum atomic E-state index is -1.99. The summed E-state index contributed by atoms with van der Waals surface area (Å²) in [5, 5.41) is 2.62. The van der Waals surface area contributed by atoms with Gasteiger partial charge in [0.1, 0.15) is 30.7 Å². The highest BCUT2D eigenvalue weighted by atomic mass is 32.7. The van der Waals surface area contributed by atoms with Crippen LogP contribution in [0, 0.1) is 0 Å². The van der Waals surface area contributed by atoms with Gasteiger partial charge in [0.25, 0.3) is 0 Å².